The van der Waals surface area contributed by atoms with Crippen LogP contribution in [0.25, 0.3) is 0 Å². The second kappa shape index (κ2) is 6.14. The predicted octanol–water partition coefficient (Wildman–Crippen LogP) is 3.12. The van der Waals surface area contributed by atoms with Gasteiger partial charge in [0.15, 0.2) is 0 Å². The topological polar surface area (TPSA) is 55.1 Å². The van der Waals surface area contributed by atoms with E-state index in [1.54, 1.807) is 12.1 Å². The van der Waals surface area contributed by atoms with Gasteiger partial charge in [0.1, 0.15) is 0 Å². The van der Waals surface area contributed by atoms with Gasteiger partial charge in [0.05, 0.1) is 0 Å². The Morgan fingerprint density at radius 1 is 1.33 bits per heavy atom. The number of carbonyl (C=O) groups excluding carboxylic acids is 1. The maximum Gasteiger partial charge on any atom is 0.248 e. The molecule has 1 rings (SSSR count). The molecule has 0 saturated heterocycles. The summed E-state index contributed by atoms with van der Waals surface area (Å²) in [7, 11) is 0. The van der Waals surface area contributed by atoms with Crippen molar-refractivity contribution in [3.8, 4) is 0 Å². The molecule has 0 saturated carbocycles. The minimum Gasteiger partial charge on any atom is -0.382 e. The van der Waals surface area contributed by atoms with Gasteiger partial charge in [-0.3, -0.25) is 4.79 Å². The Hall–Kier alpha value is -1.16. The quantitative estimate of drug-likeness (QED) is 0.861. The molecule has 1 aromatic carbocycles. The number of primary amides is 1. The van der Waals surface area contributed by atoms with E-state index in [1.165, 1.54) is 0 Å². The van der Waals surface area contributed by atoms with Crippen molar-refractivity contribution in [1.82, 2.24) is 0 Å². The molecule has 3 nitrogen and oxygen atoms in total. The Bertz CT molecular complexity index is 395. The molecule has 0 bridgehead atoms. The highest BCUT2D eigenvalue weighted by Crippen LogP contribution is 2.24. The van der Waals surface area contributed by atoms with Crippen LogP contribution in [0, 0.1) is 0 Å². The highest BCUT2D eigenvalue weighted by atomic mass is 32.2. The average molecular weight is 266 g/mol. The average Bonchev–Trinajstić information content (AvgIpc) is 2.26. The molecular formula is C14H22N2OS. The van der Waals surface area contributed by atoms with Gasteiger partial charge in [-0.2, -0.15) is 11.8 Å². The van der Waals surface area contributed by atoms with Crippen LogP contribution in [0.4, 0.5) is 5.69 Å². The maximum absolute atomic E-state index is 10.9. The number of hydrogen-bond acceptors (Lipinski definition) is 3. The van der Waals surface area contributed by atoms with Gasteiger partial charge in [-0.1, -0.05) is 20.8 Å². The summed E-state index contributed by atoms with van der Waals surface area (Å²) in [5, 5.41) is 3.41. The lowest BCUT2D eigenvalue weighted by Gasteiger charge is -2.22. The van der Waals surface area contributed by atoms with Crippen LogP contribution in [0.1, 0.15) is 38.1 Å². The van der Waals surface area contributed by atoms with Crippen molar-refractivity contribution in [2.24, 2.45) is 5.73 Å². The van der Waals surface area contributed by atoms with Crippen LogP contribution in [0.5, 0.6) is 0 Å². The molecule has 0 aromatic heterocycles. The zero-order valence-corrected chi connectivity index (χ0v) is 12.3. The molecule has 0 aliphatic rings. The molecule has 4 heteroatoms. The lowest BCUT2D eigenvalue weighted by atomic mass is 10.2. The van der Waals surface area contributed by atoms with Gasteiger partial charge in [-0.15, -0.1) is 0 Å². The van der Waals surface area contributed by atoms with Crippen LogP contribution in [-0.4, -0.2) is 22.4 Å². The van der Waals surface area contributed by atoms with Crippen LogP contribution >= 0.6 is 11.8 Å². The molecule has 1 aromatic rings. The normalized spacial score (nSPS) is 13.1. The Labute approximate surface area is 114 Å². The van der Waals surface area contributed by atoms with Crippen LogP contribution in [0.2, 0.25) is 0 Å². The fourth-order valence-corrected chi connectivity index (χ4v) is 2.27. The van der Waals surface area contributed by atoms with Crippen LogP contribution in [-0.2, 0) is 0 Å². The molecule has 18 heavy (non-hydrogen) atoms. The SMILES string of the molecule is C[C@@H](CSC(C)(C)C)Nc1ccc(C(N)=O)cc1. The van der Waals surface area contributed by atoms with Crippen molar-refractivity contribution < 1.29 is 4.79 Å². The Balaban J connectivity index is 2.49. The molecular weight excluding hydrogens is 244 g/mol. The summed E-state index contributed by atoms with van der Waals surface area (Å²) >= 11 is 1.93. The Morgan fingerprint density at radius 2 is 1.89 bits per heavy atom. The summed E-state index contributed by atoms with van der Waals surface area (Å²) in [6.45, 7) is 8.80. The number of benzene rings is 1. The molecule has 3 N–H and O–H groups in total. The van der Waals surface area contributed by atoms with E-state index in [-0.39, 0.29) is 4.75 Å². The fraction of sp³-hybridized carbons (Fsp3) is 0.500. The number of nitrogens with two attached hydrogens (primary N) is 1. The summed E-state index contributed by atoms with van der Waals surface area (Å²) < 4.78 is 0.283. The second-order valence-corrected chi connectivity index (χ2v) is 7.26. The lowest BCUT2D eigenvalue weighted by molar-refractivity contribution is 0.100. The number of rotatable bonds is 5. The first-order chi connectivity index (χ1) is 8.28. The van der Waals surface area contributed by atoms with Crippen molar-refractivity contribution in [3.63, 3.8) is 0 Å². The van der Waals surface area contributed by atoms with Crippen molar-refractivity contribution in [3.05, 3.63) is 29.8 Å². The number of carbonyl (C=O) groups is 1. The molecule has 0 radical (unpaired) electrons. The molecule has 0 unspecified atom stereocenters. The highest BCUT2D eigenvalue weighted by molar-refractivity contribution is 8.00. The molecule has 0 aliphatic heterocycles. The number of amides is 1. The standard InChI is InChI=1S/C14H22N2OS/c1-10(9-18-14(2,3)4)16-12-7-5-11(6-8-12)13(15)17/h5-8,10,16H,9H2,1-4H3,(H2,15,17)/t10-/m0/s1. The van der Waals surface area contributed by atoms with Crippen molar-refractivity contribution in [2.45, 2.75) is 38.5 Å². The van der Waals surface area contributed by atoms with E-state index in [9.17, 15) is 4.79 Å². The molecule has 1 atom stereocenters. The van der Waals surface area contributed by atoms with Gasteiger partial charge in [0.2, 0.25) is 5.91 Å². The second-order valence-electron chi connectivity index (χ2n) is 5.41. The van der Waals surface area contributed by atoms with E-state index in [2.05, 4.69) is 33.0 Å². The van der Waals surface area contributed by atoms with Gasteiger partial charge in [0.25, 0.3) is 0 Å². The number of thioether (sulfide) groups is 1. The summed E-state index contributed by atoms with van der Waals surface area (Å²) in [6, 6.07) is 7.65. The smallest absolute Gasteiger partial charge is 0.248 e. The predicted molar refractivity (Wildman–Crippen MR) is 80.3 cm³/mol. The van der Waals surface area contributed by atoms with Crippen molar-refractivity contribution in [2.75, 3.05) is 11.1 Å². The van der Waals surface area contributed by atoms with E-state index < -0.39 is 5.91 Å². The highest BCUT2D eigenvalue weighted by Gasteiger charge is 2.12. The third kappa shape index (κ3) is 5.45. The largest absolute Gasteiger partial charge is 0.382 e. The van der Waals surface area contributed by atoms with Crippen LogP contribution in [0.3, 0.4) is 0 Å². The first-order valence-corrected chi connectivity index (χ1v) is 7.07. The summed E-state index contributed by atoms with van der Waals surface area (Å²) in [5.41, 5.74) is 6.75. The minimum absolute atomic E-state index is 0.283. The molecule has 0 fully saturated rings. The molecule has 0 aliphatic carbocycles. The summed E-state index contributed by atoms with van der Waals surface area (Å²) in [6.07, 6.45) is 0. The van der Waals surface area contributed by atoms with Crippen molar-refractivity contribution >= 4 is 23.4 Å². The lowest BCUT2D eigenvalue weighted by Crippen LogP contribution is -2.21. The summed E-state index contributed by atoms with van der Waals surface area (Å²) in [5.74, 6) is 0.652. The molecule has 0 spiro atoms. The molecule has 1 amide bonds. The third-order valence-corrected chi connectivity index (χ3v) is 3.88. The third-order valence-electron chi connectivity index (χ3n) is 2.35. The van der Waals surface area contributed by atoms with Gasteiger partial charge >= 0.3 is 0 Å². The zero-order valence-electron chi connectivity index (χ0n) is 11.5. The monoisotopic (exact) mass is 266 g/mol. The zero-order chi connectivity index (χ0) is 13.8. The molecule has 100 valence electrons. The Morgan fingerprint density at radius 3 is 2.33 bits per heavy atom. The fourth-order valence-electron chi connectivity index (χ4n) is 1.43. The number of nitrogens with one attached hydrogen (secondary N) is 1. The summed E-state index contributed by atoms with van der Waals surface area (Å²) in [4.78, 5) is 10.9. The van der Waals surface area contributed by atoms with Gasteiger partial charge in [0, 0.05) is 27.8 Å². The minimum atomic E-state index is -0.391. The van der Waals surface area contributed by atoms with E-state index >= 15 is 0 Å². The Kier molecular flexibility index (Phi) is 5.08. The van der Waals surface area contributed by atoms with Gasteiger partial charge in [-0.05, 0) is 31.2 Å². The number of hydrogen-bond donors (Lipinski definition) is 2. The first kappa shape index (κ1) is 14.9. The van der Waals surface area contributed by atoms with Gasteiger partial charge in [-0.25, -0.2) is 0 Å². The number of anilines is 1. The molecule has 0 heterocycles. The van der Waals surface area contributed by atoms with Crippen LogP contribution in [0.15, 0.2) is 24.3 Å². The first-order valence-electron chi connectivity index (χ1n) is 6.08. The van der Waals surface area contributed by atoms with Crippen molar-refractivity contribution in [1.29, 1.82) is 0 Å². The van der Waals surface area contributed by atoms with Crippen LogP contribution < -0.4 is 11.1 Å². The van der Waals surface area contributed by atoms with E-state index in [0.717, 1.165) is 11.4 Å². The van der Waals surface area contributed by atoms with E-state index in [1.807, 2.05) is 23.9 Å². The van der Waals surface area contributed by atoms with Gasteiger partial charge < -0.3 is 11.1 Å². The van der Waals surface area contributed by atoms with E-state index in [0.29, 0.717) is 11.6 Å². The van der Waals surface area contributed by atoms with E-state index in [4.69, 9.17) is 5.73 Å². The maximum atomic E-state index is 10.9.